The van der Waals surface area contributed by atoms with Gasteiger partial charge in [0.1, 0.15) is 12.4 Å². The minimum absolute atomic E-state index is 0.200. The average Bonchev–Trinajstić information content (AvgIpc) is 2.78. The van der Waals surface area contributed by atoms with E-state index >= 15 is 0 Å². The number of carbonyl (C=O) groups is 1. The third kappa shape index (κ3) is 5.94. The van der Waals surface area contributed by atoms with Gasteiger partial charge in [0.15, 0.2) is 11.5 Å². The molecule has 5 nitrogen and oxygen atoms in total. The summed E-state index contributed by atoms with van der Waals surface area (Å²) in [7, 11) is 3.10. The minimum atomic E-state index is -0.280. The first kappa shape index (κ1) is 22.5. The van der Waals surface area contributed by atoms with Crippen LogP contribution in [0.5, 0.6) is 17.2 Å². The molecule has 31 heavy (non-hydrogen) atoms. The lowest BCUT2D eigenvalue weighted by atomic mass is 10.2. The Morgan fingerprint density at radius 2 is 1.61 bits per heavy atom. The predicted octanol–water partition coefficient (Wildman–Crippen LogP) is 6.24. The van der Waals surface area contributed by atoms with Gasteiger partial charge in [0.2, 0.25) is 5.91 Å². The Morgan fingerprint density at radius 1 is 0.903 bits per heavy atom. The molecule has 0 fully saturated rings. The van der Waals surface area contributed by atoms with Gasteiger partial charge < -0.3 is 19.5 Å². The molecule has 0 spiro atoms. The molecule has 3 aromatic rings. The summed E-state index contributed by atoms with van der Waals surface area (Å²) in [6, 6.07) is 17.8. The minimum Gasteiger partial charge on any atom is -0.495 e. The van der Waals surface area contributed by atoms with E-state index in [1.54, 1.807) is 62.8 Å². The molecule has 0 bridgehead atoms. The van der Waals surface area contributed by atoms with Gasteiger partial charge in [-0.25, -0.2) is 0 Å². The molecular weight excluding hydrogens is 437 g/mol. The lowest BCUT2D eigenvalue weighted by molar-refractivity contribution is -0.111. The quantitative estimate of drug-likeness (QED) is 0.406. The van der Waals surface area contributed by atoms with Crippen LogP contribution in [0.4, 0.5) is 5.69 Å². The van der Waals surface area contributed by atoms with Crippen LogP contribution in [0.25, 0.3) is 6.08 Å². The van der Waals surface area contributed by atoms with Crippen LogP contribution in [0.1, 0.15) is 11.1 Å². The number of amides is 1. The number of nitrogens with one attached hydrogen (secondary N) is 1. The molecule has 3 rings (SSSR count). The Hall–Kier alpha value is -3.15. The second kappa shape index (κ2) is 10.8. The Labute approximate surface area is 191 Å². The monoisotopic (exact) mass is 457 g/mol. The van der Waals surface area contributed by atoms with Crippen molar-refractivity contribution in [3.63, 3.8) is 0 Å². The molecule has 0 aliphatic heterocycles. The Morgan fingerprint density at radius 3 is 2.32 bits per heavy atom. The van der Waals surface area contributed by atoms with Crippen LogP contribution >= 0.6 is 23.2 Å². The van der Waals surface area contributed by atoms with Gasteiger partial charge in [-0.2, -0.15) is 0 Å². The largest absolute Gasteiger partial charge is 0.495 e. The van der Waals surface area contributed by atoms with E-state index in [-0.39, 0.29) is 12.5 Å². The second-order valence-corrected chi connectivity index (χ2v) is 7.24. The second-order valence-electron chi connectivity index (χ2n) is 6.42. The molecule has 0 saturated heterocycles. The number of hydrogen-bond acceptors (Lipinski definition) is 4. The highest BCUT2D eigenvalue weighted by atomic mass is 35.5. The normalized spacial score (nSPS) is 10.7. The van der Waals surface area contributed by atoms with Gasteiger partial charge in [-0.3, -0.25) is 4.79 Å². The summed E-state index contributed by atoms with van der Waals surface area (Å²) in [6.07, 6.45) is 3.12. The molecule has 160 valence electrons. The van der Waals surface area contributed by atoms with Crippen LogP contribution in [0, 0.1) is 0 Å². The summed E-state index contributed by atoms with van der Waals surface area (Å²) in [5.74, 6) is 1.37. The van der Waals surface area contributed by atoms with E-state index < -0.39 is 0 Å². The van der Waals surface area contributed by atoms with Crippen LogP contribution in [0.3, 0.4) is 0 Å². The topological polar surface area (TPSA) is 56.8 Å². The number of hydrogen-bond donors (Lipinski definition) is 1. The van der Waals surface area contributed by atoms with Crippen LogP contribution < -0.4 is 19.5 Å². The van der Waals surface area contributed by atoms with E-state index in [1.165, 1.54) is 6.08 Å². The maximum atomic E-state index is 12.3. The standard InChI is InChI=1S/C24H21Cl2NO4/c1-29-21-9-4-3-8-20(21)27-24(28)13-11-16-10-12-22(23(14-16)30-2)31-15-17-18(25)6-5-7-19(17)26/h3-14H,15H2,1-2H3,(H,27,28). The van der Waals surface area contributed by atoms with Crippen molar-refractivity contribution in [3.8, 4) is 17.2 Å². The van der Waals surface area contributed by atoms with Gasteiger partial charge in [0.05, 0.1) is 19.9 Å². The maximum absolute atomic E-state index is 12.3. The zero-order chi connectivity index (χ0) is 22.2. The highest BCUT2D eigenvalue weighted by Crippen LogP contribution is 2.31. The van der Waals surface area contributed by atoms with Gasteiger partial charge in [-0.1, -0.05) is 47.5 Å². The number of benzene rings is 3. The molecule has 0 atom stereocenters. The van der Waals surface area contributed by atoms with Gasteiger partial charge >= 0.3 is 0 Å². The number of anilines is 1. The molecule has 0 heterocycles. The summed E-state index contributed by atoms with van der Waals surface area (Å²) >= 11 is 12.4. The SMILES string of the molecule is COc1ccccc1NC(=O)C=Cc1ccc(OCc2c(Cl)cccc2Cl)c(OC)c1. The van der Waals surface area contributed by atoms with Gasteiger partial charge in [-0.15, -0.1) is 0 Å². The van der Waals surface area contributed by atoms with E-state index in [9.17, 15) is 4.79 Å². The van der Waals surface area contributed by atoms with E-state index in [4.69, 9.17) is 37.4 Å². The number of rotatable bonds is 8. The molecule has 1 amide bonds. The van der Waals surface area contributed by atoms with Gasteiger partial charge in [-0.05, 0) is 48.0 Å². The molecule has 1 N–H and O–H groups in total. The first-order valence-electron chi connectivity index (χ1n) is 9.37. The molecule has 0 unspecified atom stereocenters. The Kier molecular flexibility index (Phi) is 7.82. The molecule has 0 radical (unpaired) electrons. The number of methoxy groups -OCH3 is 2. The van der Waals surface area contributed by atoms with Crippen molar-refractivity contribution in [2.45, 2.75) is 6.61 Å². The van der Waals surface area contributed by atoms with Gasteiger partial charge in [0, 0.05) is 21.7 Å². The van der Waals surface area contributed by atoms with E-state index in [0.29, 0.717) is 38.5 Å². The fourth-order valence-electron chi connectivity index (χ4n) is 2.82. The highest BCUT2D eigenvalue weighted by molar-refractivity contribution is 6.35. The van der Waals surface area contributed by atoms with E-state index in [1.807, 2.05) is 18.2 Å². The summed E-state index contributed by atoms with van der Waals surface area (Å²) < 4.78 is 16.5. The molecule has 7 heteroatoms. The number of ether oxygens (including phenoxy) is 3. The first-order valence-corrected chi connectivity index (χ1v) is 10.1. The number of halogens is 2. The number of carbonyl (C=O) groups excluding carboxylic acids is 1. The lowest BCUT2D eigenvalue weighted by Crippen LogP contribution is -2.08. The molecule has 0 aliphatic rings. The van der Waals surface area contributed by atoms with Gasteiger partial charge in [0.25, 0.3) is 0 Å². The van der Waals surface area contributed by atoms with Crippen molar-refractivity contribution >= 4 is 40.9 Å². The van der Waals surface area contributed by atoms with Crippen molar-refractivity contribution in [2.75, 3.05) is 19.5 Å². The van der Waals surface area contributed by atoms with Crippen molar-refractivity contribution in [1.82, 2.24) is 0 Å². The first-order chi connectivity index (χ1) is 15.0. The smallest absolute Gasteiger partial charge is 0.248 e. The fourth-order valence-corrected chi connectivity index (χ4v) is 3.33. The number of para-hydroxylation sites is 2. The van der Waals surface area contributed by atoms with Crippen LogP contribution in [0.15, 0.2) is 66.7 Å². The van der Waals surface area contributed by atoms with Crippen molar-refractivity contribution in [1.29, 1.82) is 0 Å². The van der Waals surface area contributed by atoms with Crippen molar-refractivity contribution in [3.05, 3.63) is 87.9 Å². The molecule has 0 aliphatic carbocycles. The highest BCUT2D eigenvalue weighted by Gasteiger charge is 2.10. The zero-order valence-electron chi connectivity index (χ0n) is 17.0. The van der Waals surface area contributed by atoms with E-state index in [2.05, 4.69) is 5.32 Å². The van der Waals surface area contributed by atoms with Crippen molar-refractivity contribution < 1.29 is 19.0 Å². The Balaban J connectivity index is 1.68. The van der Waals surface area contributed by atoms with Crippen LogP contribution in [-0.2, 0) is 11.4 Å². The summed E-state index contributed by atoms with van der Waals surface area (Å²) in [5.41, 5.74) is 2.07. The summed E-state index contributed by atoms with van der Waals surface area (Å²) in [5, 5.41) is 3.86. The molecule has 0 aromatic heterocycles. The fraction of sp³-hybridized carbons (Fsp3) is 0.125. The predicted molar refractivity (Wildman–Crippen MR) is 124 cm³/mol. The zero-order valence-corrected chi connectivity index (χ0v) is 18.5. The lowest BCUT2D eigenvalue weighted by Gasteiger charge is -2.13. The maximum Gasteiger partial charge on any atom is 0.248 e. The van der Waals surface area contributed by atoms with Crippen LogP contribution in [-0.4, -0.2) is 20.1 Å². The Bertz CT molecular complexity index is 1080. The summed E-state index contributed by atoms with van der Waals surface area (Å²) in [6.45, 7) is 0.200. The third-order valence-electron chi connectivity index (χ3n) is 4.41. The third-order valence-corrected chi connectivity index (χ3v) is 5.12. The average molecular weight is 458 g/mol. The van der Waals surface area contributed by atoms with Crippen LogP contribution in [0.2, 0.25) is 10.0 Å². The molecule has 3 aromatic carbocycles. The molecule has 0 saturated carbocycles. The van der Waals surface area contributed by atoms with E-state index in [0.717, 1.165) is 5.56 Å². The molecular formula is C24H21Cl2NO4. The summed E-state index contributed by atoms with van der Waals surface area (Å²) in [4.78, 5) is 12.3. The van der Waals surface area contributed by atoms with Crippen molar-refractivity contribution in [2.24, 2.45) is 0 Å².